The predicted octanol–water partition coefficient (Wildman–Crippen LogP) is 16.5. The SMILES string of the molecule is CCCCC/C=C\C/C=C\CCCCCCCCOC[C@@H](CN(C)C)OCCCCCCCCOC1CC[C@@]2(C)C(=CC[C@H]3[C@@H]4CC[C@H]([C@H](C)CCCC(C)C)[C@@]4(C)CC[C@@H]32)C1. The minimum atomic E-state index is 0.173. The Kier molecular flexibility index (Phi) is 26.3. The van der Waals surface area contributed by atoms with Crippen molar-refractivity contribution in [1.29, 1.82) is 0 Å². The summed E-state index contributed by atoms with van der Waals surface area (Å²) in [4.78, 5) is 2.23. The number of rotatable bonds is 35. The molecule has 0 spiro atoms. The van der Waals surface area contributed by atoms with Crippen LogP contribution in [0.25, 0.3) is 0 Å². The van der Waals surface area contributed by atoms with Gasteiger partial charge in [-0.3, -0.25) is 0 Å². The van der Waals surface area contributed by atoms with Crippen molar-refractivity contribution in [3.63, 3.8) is 0 Å². The molecule has 0 aromatic carbocycles. The fraction of sp³-hybridized carbons (Fsp3) is 0.897. The first kappa shape index (κ1) is 53.7. The van der Waals surface area contributed by atoms with Crippen LogP contribution in [0.15, 0.2) is 36.0 Å². The Morgan fingerprint density at radius 3 is 2.05 bits per heavy atom. The van der Waals surface area contributed by atoms with E-state index in [9.17, 15) is 0 Å². The van der Waals surface area contributed by atoms with Gasteiger partial charge in [-0.2, -0.15) is 0 Å². The number of nitrogens with zero attached hydrogens (tertiary/aromatic N) is 1. The average molecular weight is 864 g/mol. The molecule has 0 aromatic rings. The zero-order valence-corrected chi connectivity index (χ0v) is 42.7. The third kappa shape index (κ3) is 18.4. The predicted molar refractivity (Wildman–Crippen MR) is 269 cm³/mol. The van der Waals surface area contributed by atoms with Gasteiger partial charge in [-0.15, -0.1) is 0 Å². The van der Waals surface area contributed by atoms with Crippen LogP contribution in [0.4, 0.5) is 0 Å². The van der Waals surface area contributed by atoms with Gasteiger partial charge in [0.15, 0.2) is 0 Å². The third-order valence-electron chi connectivity index (χ3n) is 16.9. The van der Waals surface area contributed by atoms with Crippen LogP contribution in [-0.2, 0) is 14.2 Å². The van der Waals surface area contributed by atoms with Gasteiger partial charge >= 0.3 is 0 Å². The Morgan fingerprint density at radius 2 is 1.35 bits per heavy atom. The summed E-state index contributed by atoms with van der Waals surface area (Å²) in [5.41, 5.74) is 2.79. The van der Waals surface area contributed by atoms with Crippen LogP contribution < -0.4 is 0 Å². The van der Waals surface area contributed by atoms with Gasteiger partial charge in [0.2, 0.25) is 0 Å². The normalized spacial score (nSPS) is 28.5. The van der Waals surface area contributed by atoms with Gasteiger partial charge in [0.25, 0.3) is 0 Å². The summed E-state index contributed by atoms with van der Waals surface area (Å²) in [6.45, 7) is 19.4. The van der Waals surface area contributed by atoms with Crippen molar-refractivity contribution in [2.75, 3.05) is 47.1 Å². The molecular weight excluding hydrogens is 759 g/mol. The lowest BCUT2D eigenvalue weighted by molar-refractivity contribution is -0.0641. The molecule has 0 aromatic heterocycles. The highest BCUT2D eigenvalue weighted by molar-refractivity contribution is 5.25. The quantitative estimate of drug-likeness (QED) is 0.0469. The Labute approximate surface area is 387 Å². The van der Waals surface area contributed by atoms with Crippen molar-refractivity contribution in [2.24, 2.45) is 46.3 Å². The molecule has 0 radical (unpaired) electrons. The second-order valence-corrected chi connectivity index (χ2v) is 22.6. The third-order valence-corrected chi connectivity index (χ3v) is 16.9. The first-order valence-electron chi connectivity index (χ1n) is 27.5. The standard InChI is InChI=1S/C58H105NO3/c1-9-10-11-12-13-14-15-16-17-18-19-20-21-22-25-28-42-60-47-52(46-59(7)8)62-44-30-27-24-23-26-29-43-61-51-38-40-57(5)50(45-51)34-35-53-55-37-36-54(49(4)33-31-32-48(2)3)58(55,6)41-39-56(53)57/h13-14,16-17,34,48-49,51-56H,9-12,15,18-33,35-47H2,1-8H3/b14-13-,17-16-/t49-,51?,52-,53+,54-,55+,56+,57+,58-/m1/s1. The average Bonchev–Trinajstić information content (AvgIpc) is 3.60. The van der Waals surface area contributed by atoms with Gasteiger partial charge in [0.1, 0.15) is 0 Å². The second kappa shape index (κ2) is 30.4. The number of likely N-dealkylation sites (N-methyl/N-ethyl adjacent to an activating group) is 1. The molecular formula is C58H105NO3. The van der Waals surface area contributed by atoms with Crippen LogP contribution in [0.5, 0.6) is 0 Å². The monoisotopic (exact) mass is 864 g/mol. The van der Waals surface area contributed by atoms with Crippen LogP contribution in [0.2, 0.25) is 0 Å². The lowest BCUT2D eigenvalue weighted by Gasteiger charge is -2.58. The Morgan fingerprint density at radius 1 is 0.694 bits per heavy atom. The summed E-state index contributed by atoms with van der Waals surface area (Å²) < 4.78 is 19.0. The van der Waals surface area contributed by atoms with Gasteiger partial charge in [0, 0.05) is 26.4 Å². The van der Waals surface area contributed by atoms with E-state index in [-0.39, 0.29) is 6.10 Å². The van der Waals surface area contributed by atoms with E-state index in [0.29, 0.717) is 16.9 Å². The largest absolute Gasteiger partial charge is 0.379 e. The van der Waals surface area contributed by atoms with Gasteiger partial charge < -0.3 is 19.1 Å². The van der Waals surface area contributed by atoms with Crippen LogP contribution in [0, 0.1) is 46.3 Å². The number of hydrogen-bond acceptors (Lipinski definition) is 4. The molecule has 0 saturated heterocycles. The fourth-order valence-electron chi connectivity index (χ4n) is 13.2. The molecule has 0 bridgehead atoms. The summed E-state index contributed by atoms with van der Waals surface area (Å²) in [5.74, 6) is 5.49. The summed E-state index contributed by atoms with van der Waals surface area (Å²) in [5, 5.41) is 0. The first-order valence-corrected chi connectivity index (χ1v) is 27.5. The van der Waals surface area contributed by atoms with E-state index in [1.807, 2.05) is 0 Å². The molecule has 1 unspecified atom stereocenters. The lowest BCUT2D eigenvalue weighted by atomic mass is 9.47. The topological polar surface area (TPSA) is 30.9 Å². The maximum absolute atomic E-state index is 6.61. The molecule has 4 nitrogen and oxygen atoms in total. The summed E-state index contributed by atoms with van der Waals surface area (Å²) >= 11 is 0. The molecule has 9 atom stereocenters. The zero-order valence-electron chi connectivity index (χ0n) is 42.7. The van der Waals surface area contributed by atoms with E-state index in [2.05, 4.69) is 90.9 Å². The minimum absolute atomic E-state index is 0.173. The molecule has 4 rings (SSSR count). The van der Waals surface area contributed by atoms with Gasteiger partial charge in [-0.05, 0) is 163 Å². The van der Waals surface area contributed by atoms with Crippen molar-refractivity contribution in [3.8, 4) is 0 Å². The molecule has 0 heterocycles. The molecule has 4 aliphatic carbocycles. The van der Waals surface area contributed by atoms with Gasteiger partial charge in [0.05, 0.1) is 18.8 Å². The number of unbranched alkanes of at least 4 members (excludes halogenated alkanes) is 14. The highest BCUT2D eigenvalue weighted by atomic mass is 16.5. The molecule has 0 aliphatic heterocycles. The number of hydrogen-bond donors (Lipinski definition) is 0. The van der Waals surface area contributed by atoms with E-state index in [0.717, 1.165) is 81.3 Å². The van der Waals surface area contributed by atoms with Crippen LogP contribution in [0.3, 0.4) is 0 Å². The van der Waals surface area contributed by atoms with Crippen molar-refractivity contribution in [3.05, 3.63) is 36.0 Å². The first-order chi connectivity index (χ1) is 30.1. The summed E-state index contributed by atoms with van der Waals surface area (Å²) in [7, 11) is 4.28. The van der Waals surface area contributed by atoms with Gasteiger partial charge in [-0.1, -0.05) is 161 Å². The smallest absolute Gasteiger partial charge is 0.0934 e. The van der Waals surface area contributed by atoms with Crippen molar-refractivity contribution in [2.45, 2.75) is 240 Å². The molecule has 4 aliphatic rings. The number of fused-ring (bicyclic) bond motifs is 5. The lowest BCUT2D eigenvalue weighted by Crippen LogP contribution is -2.51. The van der Waals surface area contributed by atoms with Gasteiger partial charge in [-0.25, -0.2) is 0 Å². The molecule has 3 saturated carbocycles. The molecule has 0 N–H and O–H groups in total. The molecule has 0 amide bonds. The number of allylic oxidation sites excluding steroid dienone is 5. The second-order valence-electron chi connectivity index (χ2n) is 22.6. The highest BCUT2D eigenvalue weighted by Gasteiger charge is 2.59. The maximum atomic E-state index is 6.61. The van der Waals surface area contributed by atoms with Crippen molar-refractivity contribution < 1.29 is 14.2 Å². The molecule has 4 heteroatoms. The Bertz CT molecular complexity index is 1240. The highest BCUT2D eigenvalue weighted by Crippen LogP contribution is 2.67. The van der Waals surface area contributed by atoms with Crippen LogP contribution in [0.1, 0.15) is 228 Å². The zero-order chi connectivity index (χ0) is 44.5. The van der Waals surface area contributed by atoms with E-state index >= 15 is 0 Å². The molecule has 360 valence electrons. The summed E-state index contributed by atoms with van der Waals surface area (Å²) in [6.07, 6.45) is 51.1. The van der Waals surface area contributed by atoms with Crippen LogP contribution >= 0.6 is 0 Å². The van der Waals surface area contributed by atoms with Crippen molar-refractivity contribution in [1.82, 2.24) is 4.90 Å². The molecule has 3 fully saturated rings. The van der Waals surface area contributed by atoms with E-state index in [4.69, 9.17) is 14.2 Å². The Hall–Kier alpha value is -0.940. The molecule has 62 heavy (non-hydrogen) atoms. The van der Waals surface area contributed by atoms with E-state index in [1.165, 1.54) is 173 Å². The van der Waals surface area contributed by atoms with Crippen molar-refractivity contribution >= 4 is 0 Å². The fourth-order valence-corrected chi connectivity index (χ4v) is 13.2. The van der Waals surface area contributed by atoms with E-state index in [1.54, 1.807) is 5.57 Å². The summed E-state index contributed by atoms with van der Waals surface area (Å²) in [6, 6.07) is 0. The Balaban J connectivity index is 0.980. The number of ether oxygens (including phenoxy) is 3. The van der Waals surface area contributed by atoms with Crippen LogP contribution in [-0.4, -0.2) is 64.2 Å². The minimum Gasteiger partial charge on any atom is -0.379 e. The van der Waals surface area contributed by atoms with E-state index < -0.39 is 0 Å². The maximum Gasteiger partial charge on any atom is 0.0934 e.